The van der Waals surface area contributed by atoms with Crippen molar-refractivity contribution in [2.45, 2.75) is 18.1 Å². The molecule has 3 aliphatic heterocycles. The number of rotatable bonds is 5. The van der Waals surface area contributed by atoms with Crippen molar-refractivity contribution in [2.24, 2.45) is 11.8 Å². The average Bonchev–Trinajstić information content (AvgIpc) is 3.35. The Kier molecular flexibility index (Phi) is 4.45. The van der Waals surface area contributed by atoms with Crippen molar-refractivity contribution in [1.29, 1.82) is 0 Å². The van der Waals surface area contributed by atoms with E-state index in [9.17, 15) is 9.59 Å². The SMILES string of the molecule is O=C(Nc1cccc(Cl)c1)C1C2C(=O)N(CCc3ccccc3)C[C@]23C=C[C@H]1O3. The Morgan fingerprint density at radius 3 is 2.83 bits per heavy atom. The molecule has 2 unspecified atom stereocenters. The van der Waals surface area contributed by atoms with E-state index in [1.54, 1.807) is 24.3 Å². The average molecular weight is 409 g/mol. The van der Waals surface area contributed by atoms with Gasteiger partial charge in [-0.15, -0.1) is 0 Å². The molecule has 2 aromatic carbocycles. The molecule has 4 atom stereocenters. The fourth-order valence-corrected chi connectivity index (χ4v) is 4.96. The molecule has 5 nitrogen and oxygen atoms in total. The molecule has 2 aromatic rings. The monoisotopic (exact) mass is 408 g/mol. The van der Waals surface area contributed by atoms with E-state index in [1.807, 2.05) is 35.3 Å². The predicted molar refractivity (Wildman–Crippen MR) is 111 cm³/mol. The number of anilines is 1. The van der Waals surface area contributed by atoms with Crippen LogP contribution in [0.3, 0.4) is 0 Å². The summed E-state index contributed by atoms with van der Waals surface area (Å²) in [5, 5.41) is 3.45. The van der Waals surface area contributed by atoms with Crippen molar-refractivity contribution >= 4 is 29.1 Å². The number of amides is 2. The van der Waals surface area contributed by atoms with Gasteiger partial charge < -0.3 is 15.0 Å². The topological polar surface area (TPSA) is 58.6 Å². The maximum absolute atomic E-state index is 13.2. The van der Waals surface area contributed by atoms with Crippen molar-refractivity contribution in [2.75, 3.05) is 18.4 Å². The lowest BCUT2D eigenvalue weighted by molar-refractivity contribution is -0.135. The van der Waals surface area contributed by atoms with E-state index in [0.717, 1.165) is 6.42 Å². The minimum absolute atomic E-state index is 0.000903. The number of likely N-dealkylation sites (tertiary alicyclic amines) is 1. The number of carbonyl (C=O) groups excluding carboxylic acids is 2. The van der Waals surface area contributed by atoms with Crippen molar-refractivity contribution in [3.63, 3.8) is 0 Å². The summed E-state index contributed by atoms with van der Waals surface area (Å²) < 4.78 is 6.17. The highest BCUT2D eigenvalue weighted by Gasteiger charge is 2.66. The van der Waals surface area contributed by atoms with Crippen LogP contribution in [0.15, 0.2) is 66.7 Å². The van der Waals surface area contributed by atoms with Crippen LogP contribution in [-0.4, -0.2) is 41.5 Å². The molecule has 6 heteroatoms. The van der Waals surface area contributed by atoms with E-state index in [0.29, 0.717) is 23.8 Å². The lowest BCUT2D eigenvalue weighted by Crippen LogP contribution is -2.41. The molecule has 5 rings (SSSR count). The molecule has 1 N–H and O–H groups in total. The van der Waals surface area contributed by atoms with E-state index in [4.69, 9.17) is 16.3 Å². The number of hydrogen-bond acceptors (Lipinski definition) is 3. The van der Waals surface area contributed by atoms with Gasteiger partial charge in [-0.25, -0.2) is 0 Å². The van der Waals surface area contributed by atoms with Crippen LogP contribution >= 0.6 is 11.6 Å². The maximum atomic E-state index is 13.2. The number of nitrogens with one attached hydrogen (secondary N) is 1. The molecule has 2 saturated heterocycles. The molecular weight excluding hydrogens is 388 g/mol. The summed E-state index contributed by atoms with van der Waals surface area (Å²) >= 11 is 6.02. The second-order valence-corrected chi connectivity index (χ2v) is 8.33. The summed E-state index contributed by atoms with van der Waals surface area (Å²) in [7, 11) is 0. The minimum Gasteiger partial charge on any atom is -0.360 e. The zero-order chi connectivity index (χ0) is 20.0. The van der Waals surface area contributed by atoms with Crippen LogP contribution in [0.4, 0.5) is 5.69 Å². The Morgan fingerprint density at radius 2 is 2.03 bits per heavy atom. The molecule has 3 heterocycles. The third kappa shape index (κ3) is 3.15. The number of fused-ring (bicyclic) bond motifs is 1. The highest BCUT2D eigenvalue weighted by molar-refractivity contribution is 6.30. The zero-order valence-electron chi connectivity index (χ0n) is 15.8. The van der Waals surface area contributed by atoms with Crippen LogP contribution in [0, 0.1) is 11.8 Å². The molecule has 2 fully saturated rings. The standard InChI is InChI=1S/C23H21ClN2O3/c24-16-7-4-8-17(13-16)25-21(27)19-18-9-11-23(29-18)14-26(22(28)20(19)23)12-10-15-5-2-1-3-6-15/h1-9,11,13,18-20H,10,12,14H2,(H,25,27)/t18-,19?,20?,23-/m1/s1. The Labute approximate surface area is 174 Å². The van der Waals surface area contributed by atoms with Crippen LogP contribution in [-0.2, 0) is 20.7 Å². The number of carbonyl (C=O) groups is 2. The van der Waals surface area contributed by atoms with E-state index < -0.39 is 17.4 Å². The molecule has 2 bridgehead atoms. The van der Waals surface area contributed by atoms with Crippen molar-refractivity contribution in [3.05, 3.63) is 77.3 Å². The minimum atomic E-state index is -0.686. The molecule has 0 aliphatic carbocycles. The second-order valence-electron chi connectivity index (χ2n) is 7.89. The summed E-state index contributed by atoms with van der Waals surface area (Å²) in [4.78, 5) is 28.1. The molecule has 0 saturated carbocycles. The fraction of sp³-hybridized carbons (Fsp3) is 0.304. The van der Waals surface area contributed by atoms with Gasteiger partial charge in [-0.2, -0.15) is 0 Å². The summed E-state index contributed by atoms with van der Waals surface area (Å²) in [6.07, 6.45) is 4.32. The molecule has 0 aromatic heterocycles. The largest absolute Gasteiger partial charge is 0.360 e. The van der Waals surface area contributed by atoms with Gasteiger partial charge in [0.2, 0.25) is 11.8 Å². The Bertz CT molecular complexity index is 993. The van der Waals surface area contributed by atoms with Gasteiger partial charge in [0.05, 0.1) is 24.5 Å². The molecule has 2 amide bonds. The van der Waals surface area contributed by atoms with Crippen molar-refractivity contribution in [3.8, 4) is 0 Å². The Hall–Kier alpha value is -2.63. The highest BCUT2D eigenvalue weighted by Crippen LogP contribution is 2.52. The molecule has 29 heavy (non-hydrogen) atoms. The summed E-state index contributed by atoms with van der Waals surface area (Å²) in [6, 6.07) is 17.1. The van der Waals surface area contributed by atoms with Crippen LogP contribution in [0.25, 0.3) is 0 Å². The number of ether oxygens (including phenoxy) is 1. The van der Waals surface area contributed by atoms with Crippen LogP contribution in [0.1, 0.15) is 5.56 Å². The zero-order valence-corrected chi connectivity index (χ0v) is 16.5. The molecule has 148 valence electrons. The van der Waals surface area contributed by atoms with Crippen molar-refractivity contribution < 1.29 is 14.3 Å². The molecule has 3 aliphatic rings. The molecular formula is C23H21ClN2O3. The summed E-state index contributed by atoms with van der Waals surface area (Å²) in [5.74, 6) is -1.22. The quantitative estimate of drug-likeness (QED) is 0.772. The van der Waals surface area contributed by atoms with Crippen LogP contribution in [0.2, 0.25) is 5.02 Å². The Balaban J connectivity index is 1.33. The summed E-state index contributed by atoms with van der Waals surface area (Å²) in [5.41, 5.74) is 1.12. The van der Waals surface area contributed by atoms with Gasteiger partial charge in [-0.3, -0.25) is 9.59 Å². The third-order valence-electron chi connectivity index (χ3n) is 6.09. The van der Waals surface area contributed by atoms with Gasteiger partial charge in [-0.1, -0.05) is 60.2 Å². The summed E-state index contributed by atoms with van der Waals surface area (Å²) in [6.45, 7) is 1.11. The first-order valence-electron chi connectivity index (χ1n) is 9.82. The van der Waals surface area contributed by atoms with E-state index in [1.165, 1.54) is 5.56 Å². The van der Waals surface area contributed by atoms with E-state index in [-0.39, 0.29) is 17.9 Å². The lowest BCUT2D eigenvalue weighted by atomic mass is 9.77. The molecule has 0 radical (unpaired) electrons. The third-order valence-corrected chi connectivity index (χ3v) is 6.32. The maximum Gasteiger partial charge on any atom is 0.231 e. The second kappa shape index (κ2) is 7.01. The predicted octanol–water partition coefficient (Wildman–Crippen LogP) is 3.30. The normalized spacial score (nSPS) is 29.3. The molecule has 1 spiro atoms. The van der Waals surface area contributed by atoms with Crippen LogP contribution in [0.5, 0.6) is 0 Å². The first-order chi connectivity index (χ1) is 14.1. The van der Waals surface area contributed by atoms with Crippen LogP contribution < -0.4 is 5.32 Å². The van der Waals surface area contributed by atoms with E-state index in [2.05, 4.69) is 17.4 Å². The Morgan fingerprint density at radius 1 is 1.21 bits per heavy atom. The fourth-order valence-electron chi connectivity index (χ4n) is 4.77. The number of nitrogens with zero attached hydrogens (tertiary/aromatic N) is 1. The van der Waals surface area contributed by atoms with Gasteiger partial charge in [0, 0.05) is 17.3 Å². The highest BCUT2D eigenvalue weighted by atomic mass is 35.5. The van der Waals surface area contributed by atoms with Gasteiger partial charge >= 0.3 is 0 Å². The first-order valence-corrected chi connectivity index (χ1v) is 10.2. The van der Waals surface area contributed by atoms with Gasteiger partial charge in [0.25, 0.3) is 0 Å². The number of benzene rings is 2. The smallest absolute Gasteiger partial charge is 0.231 e. The first kappa shape index (κ1) is 18.4. The van der Waals surface area contributed by atoms with Gasteiger partial charge in [0.1, 0.15) is 5.60 Å². The number of halogens is 1. The number of hydrogen-bond donors (Lipinski definition) is 1. The van der Waals surface area contributed by atoms with Gasteiger partial charge in [0.15, 0.2) is 0 Å². The van der Waals surface area contributed by atoms with Gasteiger partial charge in [-0.05, 0) is 30.2 Å². The van der Waals surface area contributed by atoms with Crippen molar-refractivity contribution in [1.82, 2.24) is 4.90 Å². The lowest BCUT2D eigenvalue weighted by Gasteiger charge is -2.23. The van der Waals surface area contributed by atoms with E-state index >= 15 is 0 Å².